The minimum Gasteiger partial charge on any atom is -0.506 e. The van der Waals surface area contributed by atoms with Crippen molar-refractivity contribution in [3.05, 3.63) is 59.2 Å². The zero-order valence-corrected chi connectivity index (χ0v) is 17.2. The monoisotopic (exact) mass is 393 g/mol. The van der Waals surface area contributed by atoms with Gasteiger partial charge >= 0.3 is 0 Å². The number of rotatable bonds is 5. The molecule has 0 unspecified atom stereocenters. The third kappa shape index (κ3) is 4.73. The molecule has 29 heavy (non-hydrogen) atoms. The number of phenolic OH excluding ortho intramolecular Hbond substituents is 1. The zero-order valence-electron chi connectivity index (χ0n) is 17.2. The molecule has 1 saturated heterocycles. The maximum Gasteiger partial charge on any atom is 0.234 e. The predicted octanol–water partition coefficient (Wildman–Crippen LogP) is 3.27. The number of piperazine rings is 1. The van der Waals surface area contributed by atoms with E-state index in [-0.39, 0.29) is 11.9 Å². The van der Waals surface area contributed by atoms with E-state index in [1.807, 2.05) is 18.2 Å². The number of aromatic hydroxyl groups is 1. The molecule has 5 heteroatoms. The summed E-state index contributed by atoms with van der Waals surface area (Å²) in [5.74, 6) is 0.392. The molecular weight excluding hydrogens is 362 g/mol. The highest BCUT2D eigenvalue weighted by atomic mass is 16.3. The van der Waals surface area contributed by atoms with Crippen molar-refractivity contribution in [2.45, 2.75) is 38.6 Å². The minimum atomic E-state index is 0.0253. The molecule has 1 aliphatic carbocycles. The lowest BCUT2D eigenvalue weighted by molar-refractivity contribution is -0.123. The van der Waals surface area contributed by atoms with Crippen LogP contribution in [0.25, 0.3) is 0 Å². The highest BCUT2D eigenvalue weighted by Gasteiger charge is 2.21. The van der Waals surface area contributed by atoms with Crippen LogP contribution in [0.3, 0.4) is 0 Å². The van der Waals surface area contributed by atoms with Crippen LogP contribution in [0.2, 0.25) is 0 Å². The van der Waals surface area contributed by atoms with Crippen molar-refractivity contribution in [1.82, 2.24) is 10.2 Å². The van der Waals surface area contributed by atoms with Crippen molar-refractivity contribution in [2.75, 3.05) is 37.6 Å². The number of anilines is 1. The topological polar surface area (TPSA) is 55.8 Å². The first kappa shape index (κ1) is 19.8. The average Bonchev–Trinajstić information content (AvgIpc) is 2.74. The van der Waals surface area contributed by atoms with Crippen molar-refractivity contribution >= 4 is 11.6 Å². The number of nitrogens with one attached hydrogen (secondary N) is 1. The van der Waals surface area contributed by atoms with Crippen molar-refractivity contribution in [1.29, 1.82) is 0 Å². The molecule has 0 saturated carbocycles. The molecular formula is C24H31N3O2. The molecule has 4 rings (SSSR count). The second kappa shape index (κ2) is 8.87. The van der Waals surface area contributed by atoms with Crippen molar-refractivity contribution in [3.8, 4) is 5.75 Å². The van der Waals surface area contributed by atoms with Crippen LogP contribution >= 0.6 is 0 Å². The molecule has 2 aromatic carbocycles. The SMILES string of the molecule is C[C@H](NC(=O)CN1CCN(c2ccccc2O)CC1)c1ccc2c(c1)CCCC2. The van der Waals surface area contributed by atoms with E-state index in [0.717, 1.165) is 38.3 Å². The van der Waals surface area contributed by atoms with Crippen LogP contribution in [0.15, 0.2) is 42.5 Å². The van der Waals surface area contributed by atoms with Crippen LogP contribution in [0.1, 0.15) is 42.5 Å². The van der Waals surface area contributed by atoms with Crippen molar-refractivity contribution in [3.63, 3.8) is 0 Å². The van der Waals surface area contributed by atoms with Gasteiger partial charge in [-0.05, 0) is 61.4 Å². The fourth-order valence-electron chi connectivity index (χ4n) is 4.47. The van der Waals surface area contributed by atoms with Gasteiger partial charge in [-0.1, -0.05) is 30.3 Å². The fourth-order valence-corrected chi connectivity index (χ4v) is 4.47. The molecule has 2 N–H and O–H groups in total. The van der Waals surface area contributed by atoms with Gasteiger partial charge in [0.2, 0.25) is 5.91 Å². The lowest BCUT2D eigenvalue weighted by Crippen LogP contribution is -2.49. The molecule has 0 bridgehead atoms. The molecule has 1 atom stereocenters. The first-order chi connectivity index (χ1) is 14.1. The molecule has 2 aromatic rings. The smallest absolute Gasteiger partial charge is 0.234 e. The number of nitrogens with zero attached hydrogens (tertiary/aromatic N) is 2. The van der Waals surface area contributed by atoms with Gasteiger partial charge in [-0.15, -0.1) is 0 Å². The van der Waals surface area contributed by atoms with E-state index in [2.05, 4.69) is 40.2 Å². The summed E-state index contributed by atoms with van der Waals surface area (Å²) in [4.78, 5) is 16.9. The zero-order chi connectivity index (χ0) is 20.2. The van der Waals surface area contributed by atoms with Gasteiger partial charge in [0, 0.05) is 26.2 Å². The first-order valence-electron chi connectivity index (χ1n) is 10.8. The van der Waals surface area contributed by atoms with Gasteiger partial charge in [0.15, 0.2) is 0 Å². The summed E-state index contributed by atoms with van der Waals surface area (Å²) >= 11 is 0. The molecule has 0 spiro atoms. The molecule has 2 aliphatic rings. The molecule has 0 radical (unpaired) electrons. The Morgan fingerprint density at radius 1 is 1.03 bits per heavy atom. The van der Waals surface area contributed by atoms with Gasteiger partial charge in [0.25, 0.3) is 0 Å². The summed E-state index contributed by atoms with van der Waals surface area (Å²) in [7, 11) is 0. The van der Waals surface area contributed by atoms with Crippen LogP contribution < -0.4 is 10.2 Å². The number of phenols is 1. The molecule has 5 nitrogen and oxygen atoms in total. The van der Waals surface area contributed by atoms with Crippen LogP contribution in [0, 0.1) is 0 Å². The molecule has 1 fully saturated rings. The Hall–Kier alpha value is -2.53. The normalized spacial score (nSPS) is 18.2. The highest BCUT2D eigenvalue weighted by Crippen LogP contribution is 2.27. The number of amides is 1. The Labute approximate surface area is 173 Å². The summed E-state index contributed by atoms with van der Waals surface area (Å²) in [5, 5.41) is 13.2. The standard InChI is InChI=1S/C24H31N3O2/c1-18(20-11-10-19-6-2-3-7-21(19)16-20)25-24(29)17-26-12-14-27(15-13-26)22-8-4-5-9-23(22)28/h4-5,8-11,16,18,28H,2-3,6-7,12-15,17H2,1H3,(H,25,29)/t18-/m0/s1. The largest absolute Gasteiger partial charge is 0.506 e. The van der Waals surface area contributed by atoms with Gasteiger partial charge in [0.1, 0.15) is 5.75 Å². The lowest BCUT2D eigenvalue weighted by Gasteiger charge is -2.36. The van der Waals surface area contributed by atoms with Gasteiger partial charge in [-0.3, -0.25) is 9.69 Å². The van der Waals surface area contributed by atoms with Gasteiger partial charge < -0.3 is 15.3 Å². The summed E-state index contributed by atoms with van der Waals surface area (Å²) in [6.07, 6.45) is 4.90. The minimum absolute atomic E-state index is 0.0253. The van der Waals surface area contributed by atoms with Gasteiger partial charge in [-0.2, -0.15) is 0 Å². The van der Waals surface area contributed by atoms with Crippen LogP contribution in [0.5, 0.6) is 5.75 Å². The number of hydrogen-bond acceptors (Lipinski definition) is 4. The summed E-state index contributed by atoms with van der Waals surface area (Å²) in [6, 6.07) is 14.2. The van der Waals surface area contributed by atoms with E-state index in [1.54, 1.807) is 6.07 Å². The highest BCUT2D eigenvalue weighted by molar-refractivity contribution is 5.78. The number of carbonyl (C=O) groups excluding carboxylic acids is 1. The van der Waals surface area contributed by atoms with Gasteiger partial charge in [-0.25, -0.2) is 0 Å². The Morgan fingerprint density at radius 2 is 1.76 bits per heavy atom. The Kier molecular flexibility index (Phi) is 6.05. The van der Waals surface area contributed by atoms with Crippen LogP contribution in [-0.2, 0) is 17.6 Å². The van der Waals surface area contributed by atoms with E-state index in [4.69, 9.17) is 0 Å². The van der Waals surface area contributed by atoms with Crippen molar-refractivity contribution < 1.29 is 9.90 Å². The maximum absolute atomic E-state index is 12.6. The fraction of sp³-hybridized carbons (Fsp3) is 0.458. The predicted molar refractivity (Wildman–Crippen MR) is 116 cm³/mol. The Bertz CT molecular complexity index is 859. The second-order valence-electron chi connectivity index (χ2n) is 8.28. The summed E-state index contributed by atoms with van der Waals surface area (Å²) in [5.41, 5.74) is 5.00. The van der Waals surface area contributed by atoms with Crippen LogP contribution in [0.4, 0.5) is 5.69 Å². The van der Waals surface area contributed by atoms with Crippen LogP contribution in [-0.4, -0.2) is 48.6 Å². The van der Waals surface area contributed by atoms with E-state index >= 15 is 0 Å². The molecule has 154 valence electrons. The number of benzene rings is 2. The summed E-state index contributed by atoms with van der Waals surface area (Å²) in [6.45, 7) is 5.74. The molecule has 1 amide bonds. The Balaban J connectivity index is 1.27. The number of hydrogen-bond donors (Lipinski definition) is 2. The maximum atomic E-state index is 12.6. The van der Waals surface area contributed by atoms with Crippen molar-refractivity contribution in [2.24, 2.45) is 0 Å². The second-order valence-corrected chi connectivity index (χ2v) is 8.28. The van der Waals surface area contributed by atoms with E-state index in [9.17, 15) is 9.90 Å². The number of carbonyl (C=O) groups is 1. The van der Waals surface area contributed by atoms with E-state index in [0.29, 0.717) is 12.3 Å². The average molecular weight is 394 g/mol. The number of fused-ring (bicyclic) bond motifs is 1. The summed E-state index contributed by atoms with van der Waals surface area (Å²) < 4.78 is 0. The van der Waals surface area contributed by atoms with E-state index < -0.39 is 0 Å². The first-order valence-corrected chi connectivity index (χ1v) is 10.8. The molecule has 0 aromatic heterocycles. The third-order valence-corrected chi connectivity index (χ3v) is 6.21. The van der Waals surface area contributed by atoms with E-state index in [1.165, 1.54) is 36.0 Å². The molecule has 1 aliphatic heterocycles. The quantitative estimate of drug-likeness (QED) is 0.819. The number of aryl methyl sites for hydroxylation is 2. The Morgan fingerprint density at radius 3 is 2.52 bits per heavy atom. The number of para-hydroxylation sites is 2. The molecule has 1 heterocycles. The lowest BCUT2D eigenvalue weighted by atomic mass is 9.89. The third-order valence-electron chi connectivity index (χ3n) is 6.21. The van der Waals surface area contributed by atoms with Gasteiger partial charge in [0.05, 0.1) is 18.3 Å².